The van der Waals surface area contributed by atoms with Crippen LogP contribution in [0.3, 0.4) is 0 Å². The van der Waals surface area contributed by atoms with Crippen molar-refractivity contribution in [3.8, 4) is 5.75 Å². The number of carbonyl (C=O) groups is 1. The van der Waals surface area contributed by atoms with E-state index in [2.05, 4.69) is 5.32 Å². The maximum atomic E-state index is 12.1. The summed E-state index contributed by atoms with van der Waals surface area (Å²) in [5, 5.41) is 12.1. The zero-order valence-electron chi connectivity index (χ0n) is 10.7. The number of hydrogen-bond donors (Lipinski definition) is 3. The highest BCUT2D eigenvalue weighted by Gasteiger charge is 2.09. The monoisotopic (exact) mass is 256 g/mol. The molecule has 19 heavy (non-hydrogen) atoms. The van der Waals surface area contributed by atoms with E-state index in [1.54, 1.807) is 19.1 Å². The molecule has 98 valence electrons. The van der Waals surface area contributed by atoms with Crippen LogP contribution in [0.1, 0.15) is 21.5 Å². The average molecular weight is 256 g/mol. The number of aryl methyl sites for hydroxylation is 1. The van der Waals surface area contributed by atoms with Crippen LogP contribution in [0.2, 0.25) is 0 Å². The van der Waals surface area contributed by atoms with Crippen molar-refractivity contribution in [3.05, 3.63) is 59.2 Å². The Bertz CT molecular complexity index is 592. The van der Waals surface area contributed by atoms with Crippen molar-refractivity contribution in [1.29, 1.82) is 0 Å². The maximum absolute atomic E-state index is 12.1. The van der Waals surface area contributed by atoms with Gasteiger partial charge in [0.05, 0.1) is 0 Å². The van der Waals surface area contributed by atoms with Crippen molar-refractivity contribution in [3.63, 3.8) is 0 Å². The van der Waals surface area contributed by atoms with Gasteiger partial charge in [-0.15, -0.1) is 0 Å². The number of carbonyl (C=O) groups excluding carboxylic acids is 1. The quantitative estimate of drug-likeness (QED) is 0.789. The third kappa shape index (κ3) is 3.11. The molecule has 0 bridgehead atoms. The number of hydrogen-bond acceptors (Lipinski definition) is 3. The topological polar surface area (TPSA) is 75.3 Å². The fraction of sp³-hybridized carbons (Fsp3) is 0.133. The Kier molecular flexibility index (Phi) is 3.82. The summed E-state index contributed by atoms with van der Waals surface area (Å²) >= 11 is 0. The molecule has 2 aromatic carbocycles. The lowest BCUT2D eigenvalue weighted by atomic mass is 10.1. The second kappa shape index (κ2) is 5.54. The minimum absolute atomic E-state index is 0.154. The van der Waals surface area contributed by atoms with Gasteiger partial charge < -0.3 is 16.2 Å². The molecule has 0 aliphatic heterocycles. The summed E-state index contributed by atoms with van der Waals surface area (Å²) in [6, 6.07) is 12.0. The molecule has 2 rings (SSSR count). The van der Waals surface area contributed by atoms with Crippen molar-refractivity contribution < 1.29 is 9.90 Å². The Hall–Kier alpha value is -2.33. The number of phenols is 1. The van der Waals surface area contributed by atoms with Crippen molar-refractivity contribution in [1.82, 2.24) is 0 Å². The number of phenolic OH excluding ortho intramolecular Hbond substituents is 1. The number of rotatable bonds is 3. The summed E-state index contributed by atoms with van der Waals surface area (Å²) in [5.74, 6) is -0.0423. The standard InChI is InChI=1S/C15H16N2O2/c1-10-8-13(18)6-7-14(10)15(19)17-12-4-2-11(9-16)3-5-12/h2-8,18H,9,16H2,1H3,(H,17,19). The fourth-order valence-corrected chi connectivity index (χ4v) is 1.83. The fourth-order valence-electron chi connectivity index (χ4n) is 1.83. The molecule has 1 amide bonds. The Balaban J connectivity index is 2.15. The Morgan fingerprint density at radius 1 is 1.21 bits per heavy atom. The Morgan fingerprint density at radius 3 is 2.47 bits per heavy atom. The van der Waals surface area contributed by atoms with Crippen molar-refractivity contribution >= 4 is 11.6 Å². The Labute approximate surface area is 111 Å². The molecular formula is C15H16N2O2. The predicted octanol–water partition coefficient (Wildman–Crippen LogP) is 2.41. The minimum Gasteiger partial charge on any atom is -0.508 e. The van der Waals surface area contributed by atoms with Crippen LogP contribution in [0.25, 0.3) is 0 Å². The lowest BCUT2D eigenvalue weighted by Gasteiger charge is -2.08. The summed E-state index contributed by atoms with van der Waals surface area (Å²) in [4.78, 5) is 12.1. The highest BCUT2D eigenvalue weighted by atomic mass is 16.3. The van der Waals surface area contributed by atoms with Gasteiger partial charge in [0.15, 0.2) is 0 Å². The zero-order chi connectivity index (χ0) is 13.8. The van der Waals surface area contributed by atoms with Crippen LogP contribution < -0.4 is 11.1 Å². The van der Waals surface area contributed by atoms with Crippen LogP contribution in [-0.2, 0) is 6.54 Å². The van der Waals surface area contributed by atoms with Gasteiger partial charge in [-0.25, -0.2) is 0 Å². The molecule has 0 spiro atoms. The molecule has 0 atom stereocenters. The van der Waals surface area contributed by atoms with Crippen LogP contribution in [-0.4, -0.2) is 11.0 Å². The smallest absolute Gasteiger partial charge is 0.255 e. The van der Waals surface area contributed by atoms with Crippen molar-refractivity contribution in [2.45, 2.75) is 13.5 Å². The molecule has 0 heterocycles. The van der Waals surface area contributed by atoms with Crippen molar-refractivity contribution in [2.75, 3.05) is 5.32 Å². The van der Waals surface area contributed by atoms with E-state index in [1.807, 2.05) is 24.3 Å². The summed E-state index contributed by atoms with van der Waals surface area (Å²) < 4.78 is 0. The van der Waals surface area contributed by atoms with Gasteiger partial charge >= 0.3 is 0 Å². The largest absolute Gasteiger partial charge is 0.508 e. The van der Waals surface area contributed by atoms with E-state index in [9.17, 15) is 9.90 Å². The summed E-state index contributed by atoms with van der Waals surface area (Å²) in [6.45, 7) is 2.26. The van der Waals surface area contributed by atoms with Crippen LogP contribution in [0.4, 0.5) is 5.69 Å². The van der Waals surface area contributed by atoms with E-state index in [0.29, 0.717) is 12.1 Å². The van der Waals surface area contributed by atoms with E-state index in [0.717, 1.165) is 16.8 Å². The molecule has 0 aromatic heterocycles. The van der Waals surface area contributed by atoms with E-state index < -0.39 is 0 Å². The van der Waals surface area contributed by atoms with E-state index in [4.69, 9.17) is 5.73 Å². The highest BCUT2D eigenvalue weighted by Crippen LogP contribution is 2.17. The summed E-state index contributed by atoms with van der Waals surface area (Å²) in [6.07, 6.45) is 0. The molecular weight excluding hydrogens is 240 g/mol. The van der Waals surface area contributed by atoms with Gasteiger partial charge in [-0.2, -0.15) is 0 Å². The molecule has 2 aromatic rings. The highest BCUT2D eigenvalue weighted by molar-refractivity contribution is 6.05. The molecule has 4 nitrogen and oxygen atoms in total. The second-order valence-corrected chi connectivity index (χ2v) is 4.35. The number of nitrogens with one attached hydrogen (secondary N) is 1. The first-order chi connectivity index (χ1) is 9.10. The van der Waals surface area contributed by atoms with Crippen LogP contribution >= 0.6 is 0 Å². The van der Waals surface area contributed by atoms with Crippen LogP contribution in [0, 0.1) is 6.92 Å². The molecule has 0 aliphatic carbocycles. The van der Waals surface area contributed by atoms with Gasteiger partial charge in [-0.05, 0) is 48.4 Å². The normalized spacial score (nSPS) is 10.2. The Morgan fingerprint density at radius 2 is 1.89 bits per heavy atom. The van der Waals surface area contributed by atoms with Gasteiger partial charge in [0.1, 0.15) is 5.75 Å². The van der Waals surface area contributed by atoms with Gasteiger partial charge in [0.25, 0.3) is 5.91 Å². The lowest BCUT2D eigenvalue weighted by Crippen LogP contribution is -2.13. The third-order valence-electron chi connectivity index (χ3n) is 2.90. The number of benzene rings is 2. The second-order valence-electron chi connectivity index (χ2n) is 4.35. The first-order valence-electron chi connectivity index (χ1n) is 6.00. The van der Waals surface area contributed by atoms with E-state index in [1.165, 1.54) is 6.07 Å². The number of anilines is 1. The molecule has 0 saturated carbocycles. The SMILES string of the molecule is Cc1cc(O)ccc1C(=O)Nc1ccc(CN)cc1. The van der Waals surface area contributed by atoms with Gasteiger partial charge in [-0.1, -0.05) is 12.1 Å². The first kappa shape index (κ1) is 13.1. The molecule has 4 heteroatoms. The predicted molar refractivity (Wildman–Crippen MR) is 75.1 cm³/mol. The third-order valence-corrected chi connectivity index (χ3v) is 2.90. The molecule has 0 radical (unpaired) electrons. The molecule has 4 N–H and O–H groups in total. The van der Waals surface area contributed by atoms with Crippen LogP contribution in [0.15, 0.2) is 42.5 Å². The average Bonchev–Trinajstić information content (AvgIpc) is 2.39. The summed E-state index contributed by atoms with van der Waals surface area (Å²) in [7, 11) is 0. The van der Waals surface area contributed by atoms with Crippen LogP contribution in [0.5, 0.6) is 5.75 Å². The van der Waals surface area contributed by atoms with Gasteiger partial charge in [0.2, 0.25) is 0 Å². The van der Waals surface area contributed by atoms with Gasteiger partial charge in [-0.3, -0.25) is 4.79 Å². The van der Waals surface area contributed by atoms with E-state index in [-0.39, 0.29) is 11.7 Å². The minimum atomic E-state index is -0.196. The molecule has 0 unspecified atom stereocenters. The van der Waals surface area contributed by atoms with E-state index >= 15 is 0 Å². The number of amides is 1. The number of aromatic hydroxyl groups is 1. The zero-order valence-corrected chi connectivity index (χ0v) is 10.7. The van der Waals surface area contributed by atoms with Gasteiger partial charge in [0, 0.05) is 17.8 Å². The molecule has 0 saturated heterocycles. The first-order valence-corrected chi connectivity index (χ1v) is 6.00. The molecule has 0 fully saturated rings. The maximum Gasteiger partial charge on any atom is 0.255 e. The lowest BCUT2D eigenvalue weighted by molar-refractivity contribution is 0.102. The number of nitrogens with two attached hydrogens (primary N) is 1. The van der Waals surface area contributed by atoms with Crippen molar-refractivity contribution in [2.24, 2.45) is 5.73 Å². The summed E-state index contributed by atoms with van der Waals surface area (Å²) in [5.41, 5.74) is 8.52. The molecule has 0 aliphatic rings.